The van der Waals surface area contributed by atoms with Crippen molar-refractivity contribution in [2.75, 3.05) is 40.0 Å². The lowest BCUT2D eigenvalue weighted by Gasteiger charge is -2.50. The largest absolute Gasteiger partial charge is 0.497 e. The van der Waals surface area contributed by atoms with Gasteiger partial charge in [-0.2, -0.15) is 0 Å². The lowest BCUT2D eigenvalue weighted by atomic mass is 9.55. The molecule has 5 atom stereocenters. The van der Waals surface area contributed by atoms with Gasteiger partial charge in [-0.25, -0.2) is 0 Å². The molecule has 1 saturated heterocycles. The smallest absolute Gasteiger partial charge is 0.311 e. The minimum atomic E-state index is 0.00840. The first-order valence-electron chi connectivity index (χ1n) is 12.4. The number of quaternary nitrogens is 1. The molecule has 0 aromatic heterocycles. The van der Waals surface area contributed by atoms with Crippen LogP contribution in [0.5, 0.6) is 5.75 Å². The third kappa shape index (κ3) is 4.00. The van der Waals surface area contributed by atoms with Gasteiger partial charge >= 0.3 is 5.97 Å². The number of carbonyl (C=O) groups excluding carboxylic acids is 1. The zero-order valence-corrected chi connectivity index (χ0v) is 19.2. The monoisotopic (exact) mass is 428 g/mol. The molecule has 0 unspecified atom stereocenters. The van der Waals surface area contributed by atoms with Gasteiger partial charge in [-0.05, 0) is 79.5 Å². The van der Waals surface area contributed by atoms with Crippen LogP contribution in [0.15, 0.2) is 18.2 Å². The Morgan fingerprint density at radius 1 is 1.19 bits per heavy atom. The first kappa shape index (κ1) is 21.3. The molecule has 4 aliphatic rings. The molecule has 0 bridgehead atoms. The molecule has 3 aliphatic carbocycles. The van der Waals surface area contributed by atoms with Gasteiger partial charge in [0.25, 0.3) is 0 Å². The summed E-state index contributed by atoms with van der Waals surface area (Å²) < 4.78 is 17.0. The van der Waals surface area contributed by atoms with Crippen molar-refractivity contribution >= 4 is 5.97 Å². The zero-order valence-electron chi connectivity index (χ0n) is 19.2. The van der Waals surface area contributed by atoms with Crippen LogP contribution in [0.2, 0.25) is 0 Å². The molecule has 5 rings (SSSR count). The van der Waals surface area contributed by atoms with Gasteiger partial charge in [-0.1, -0.05) is 13.0 Å². The first-order valence-corrected chi connectivity index (χ1v) is 12.4. The predicted molar refractivity (Wildman–Crippen MR) is 118 cm³/mol. The number of aryl methyl sites for hydroxylation is 1. The van der Waals surface area contributed by atoms with E-state index in [1.54, 1.807) is 12.7 Å². The second kappa shape index (κ2) is 8.74. The Morgan fingerprint density at radius 3 is 2.84 bits per heavy atom. The van der Waals surface area contributed by atoms with Crippen molar-refractivity contribution in [3.05, 3.63) is 29.3 Å². The molecule has 5 heteroatoms. The van der Waals surface area contributed by atoms with E-state index in [9.17, 15) is 4.79 Å². The van der Waals surface area contributed by atoms with Crippen LogP contribution in [0.4, 0.5) is 0 Å². The molecule has 0 amide bonds. The summed E-state index contributed by atoms with van der Waals surface area (Å²) in [7, 11) is 1.75. The highest BCUT2D eigenvalue weighted by Gasteiger charge is 2.56. The van der Waals surface area contributed by atoms with Crippen molar-refractivity contribution in [2.45, 2.75) is 63.9 Å². The summed E-state index contributed by atoms with van der Waals surface area (Å²) in [4.78, 5) is 14.2. The molecule has 1 N–H and O–H groups in total. The SMILES string of the molecule is COc1ccc2c(c1)CC[C@H]1[C@@H]2CC[C@@]2(C)[C@H](OC(=O)CC[NH+]3CCOCC3)CC[C@@H]12. The minimum absolute atomic E-state index is 0.00840. The molecule has 1 aromatic rings. The molecule has 2 saturated carbocycles. The van der Waals surface area contributed by atoms with E-state index in [4.69, 9.17) is 14.2 Å². The van der Waals surface area contributed by atoms with Gasteiger partial charge in [0.1, 0.15) is 24.9 Å². The number of benzene rings is 1. The lowest BCUT2D eigenvalue weighted by molar-refractivity contribution is -0.907. The van der Waals surface area contributed by atoms with E-state index >= 15 is 0 Å². The number of hydrogen-bond donors (Lipinski definition) is 1. The summed E-state index contributed by atoms with van der Waals surface area (Å²) in [5.41, 5.74) is 3.18. The highest BCUT2D eigenvalue weighted by atomic mass is 16.5. The zero-order chi connectivity index (χ0) is 21.4. The molecule has 3 fully saturated rings. The van der Waals surface area contributed by atoms with E-state index in [-0.39, 0.29) is 17.5 Å². The Labute approximate surface area is 186 Å². The number of nitrogens with one attached hydrogen (secondary N) is 1. The Morgan fingerprint density at radius 2 is 2.03 bits per heavy atom. The predicted octanol–water partition coefficient (Wildman–Crippen LogP) is 2.77. The molecular formula is C26H38NO4+. The van der Waals surface area contributed by atoms with Crippen LogP contribution in [0.1, 0.15) is 62.5 Å². The highest BCUT2D eigenvalue weighted by molar-refractivity contribution is 5.69. The minimum Gasteiger partial charge on any atom is -0.497 e. The quantitative estimate of drug-likeness (QED) is 0.733. The fourth-order valence-electron chi connectivity index (χ4n) is 7.24. The number of ether oxygens (including phenoxy) is 3. The van der Waals surface area contributed by atoms with Crippen LogP contribution in [-0.4, -0.2) is 52.0 Å². The first-order chi connectivity index (χ1) is 15.1. The number of hydrogen-bond acceptors (Lipinski definition) is 4. The average Bonchev–Trinajstić information content (AvgIpc) is 3.13. The van der Waals surface area contributed by atoms with Gasteiger partial charge in [-0.15, -0.1) is 0 Å². The molecule has 0 radical (unpaired) electrons. The Balaban J connectivity index is 1.23. The fourth-order valence-corrected chi connectivity index (χ4v) is 7.24. The third-order valence-electron chi connectivity index (χ3n) is 9.00. The van der Waals surface area contributed by atoms with Crippen molar-refractivity contribution in [1.29, 1.82) is 0 Å². The van der Waals surface area contributed by atoms with Gasteiger partial charge in [0, 0.05) is 5.41 Å². The van der Waals surface area contributed by atoms with E-state index in [0.717, 1.165) is 63.8 Å². The van der Waals surface area contributed by atoms with E-state index < -0.39 is 0 Å². The van der Waals surface area contributed by atoms with Crippen LogP contribution in [0.25, 0.3) is 0 Å². The Bertz CT molecular complexity index is 805. The Hall–Kier alpha value is -1.59. The van der Waals surface area contributed by atoms with Gasteiger partial charge in [-0.3, -0.25) is 4.79 Å². The fraction of sp³-hybridized carbons (Fsp3) is 0.731. The number of carbonyl (C=O) groups is 1. The van der Waals surface area contributed by atoms with Crippen molar-refractivity contribution in [3.63, 3.8) is 0 Å². The summed E-state index contributed by atoms with van der Waals surface area (Å²) in [5.74, 6) is 3.04. The molecule has 1 aromatic carbocycles. The molecule has 170 valence electrons. The summed E-state index contributed by atoms with van der Waals surface area (Å²) in [6, 6.07) is 6.69. The van der Waals surface area contributed by atoms with Gasteiger partial charge < -0.3 is 19.1 Å². The van der Waals surface area contributed by atoms with Crippen molar-refractivity contribution in [3.8, 4) is 5.75 Å². The third-order valence-corrected chi connectivity index (χ3v) is 9.00. The summed E-state index contributed by atoms with van der Waals surface area (Å²) in [5, 5.41) is 0. The standard InChI is InChI=1S/C26H37NO4/c1-26-11-9-21-20-6-4-19(29-2)17-18(20)3-5-22(21)23(26)7-8-24(26)31-25(28)10-12-27-13-15-30-16-14-27/h4,6,17,21-24H,3,5,7-16H2,1-2H3/p+1/t21-,22+,23+,24-,26-/m1/s1. The molecule has 1 heterocycles. The number of fused-ring (bicyclic) bond motifs is 5. The van der Waals surface area contributed by atoms with Crippen molar-refractivity contribution in [2.24, 2.45) is 17.3 Å². The van der Waals surface area contributed by atoms with Crippen LogP contribution in [0, 0.1) is 17.3 Å². The molecule has 31 heavy (non-hydrogen) atoms. The maximum Gasteiger partial charge on any atom is 0.311 e. The van der Waals surface area contributed by atoms with Crippen LogP contribution in [-0.2, 0) is 20.7 Å². The van der Waals surface area contributed by atoms with Crippen molar-refractivity contribution < 1.29 is 23.9 Å². The molecule has 1 aliphatic heterocycles. The summed E-state index contributed by atoms with van der Waals surface area (Å²) >= 11 is 0. The van der Waals surface area contributed by atoms with Gasteiger partial charge in [0.05, 0.1) is 33.3 Å². The lowest BCUT2D eigenvalue weighted by Crippen LogP contribution is -3.14. The van der Waals surface area contributed by atoms with Crippen LogP contribution < -0.4 is 9.64 Å². The highest BCUT2D eigenvalue weighted by Crippen LogP contribution is 2.61. The maximum atomic E-state index is 12.7. The normalized spacial score (nSPS) is 35.0. The number of esters is 1. The summed E-state index contributed by atoms with van der Waals surface area (Å²) in [6.07, 6.45) is 7.65. The van der Waals surface area contributed by atoms with Crippen LogP contribution >= 0.6 is 0 Å². The summed E-state index contributed by atoms with van der Waals surface area (Å²) in [6.45, 7) is 6.92. The van der Waals surface area contributed by atoms with E-state index in [0.29, 0.717) is 18.3 Å². The second-order valence-corrected chi connectivity index (χ2v) is 10.4. The Kier molecular flexibility index (Phi) is 6.00. The van der Waals surface area contributed by atoms with Gasteiger partial charge in [0.15, 0.2) is 0 Å². The number of rotatable bonds is 5. The molecule has 0 spiro atoms. The van der Waals surface area contributed by atoms with Gasteiger partial charge in [0.2, 0.25) is 0 Å². The molecule has 5 nitrogen and oxygen atoms in total. The topological polar surface area (TPSA) is 49.2 Å². The average molecular weight is 429 g/mol. The second-order valence-electron chi connectivity index (χ2n) is 10.4. The van der Waals surface area contributed by atoms with E-state index in [1.807, 2.05) is 0 Å². The van der Waals surface area contributed by atoms with Crippen molar-refractivity contribution in [1.82, 2.24) is 0 Å². The van der Waals surface area contributed by atoms with E-state index in [2.05, 4.69) is 25.1 Å². The number of methoxy groups -OCH3 is 1. The molecular weight excluding hydrogens is 390 g/mol. The maximum absolute atomic E-state index is 12.7. The van der Waals surface area contributed by atoms with Crippen LogP contribution in [0.3, 0.4) is 0 Å². The number of morpholine rings is 1. The van der Waals surface area contributed by atoms with E-state index in [1.165, 1.54) is 29.7 Å².